The molecule has 1 aliphatic heterocycles. The molecule has 2 aromatic carbocycles. The van der Waals surface area contributed by atoms with Crippen molar-refractivity contribution in [3.05, 3.63) is 76.1 Å². The number of fused-ring (bicyclic) bond motifs is 1. The van der Waals surface area contributed by atoms with Crippen molar-refractivity contribution in [2.24, 2.45) is 5.10 Å². The molecule has 27 heavy (non-hydrogen) atoms. The summed E-state index contributed by atoms with van der Waals surface area (Å²) < 4.78 is 0. The number of hydrogen-bond donors (Lipinski definition) is 0. The van der Waals surface area contributed by atoms with Crippen LogP contribution in [0.2, 0.25) is 0 Å². The average Bonchev–Trinajstić information content (AvgIpc) is 3.13. The normalized spacial score (nSPS) is 16.4. The molecule has 0 N–H and O–H groups in total. The van der Waals surface area contributed by atoms with E-state index < -0.39 is 4.92 Å². The highest BCUT2D eigenvalue weighted by Crippen LogP contribution is 2.34. The molecule has 8 heteroatoms. The van der Waals surface area contributed by atoms with Gasteiger partial charge >= 0.3 is 0 Å². The third-order valence-electron chi connectivity index (χ3n) is 4.50. The van der Waals surface area contributed by atoms with Crippen molar-refractivity contribution in [2.45, 2.75) is 19.4 Å². The Morgan fingerprint density at radius 1 is 1.15 bits per heavy atom. The highest BCUT2D eigenvalue weighted by Gasteiger charge is 2.32. The molecule has 3 aromatic rings. The number of hydrazone groups is 1. The van der Waals surface area contributed by atoms with Crippen LogP contribution in [0.15, 0.2) is 60.0 Å². The molecule has 0 aliphatic carbocycles. The van der Waals surface area contributed by atoms with Crippen LogP contribution in [-0.4, -0.2) is 31.5 Å². The number of carbonyl (C=O) groups excluding carboxylic acids is 1. The van der Waals surface area contributed by atoms with Crippen molar-refractivity contribution < 1.29 is 9.72 Å². The van der Waals surface area contributed by atoms with E-state index in [2.05, 4.69) is 15.1 Å². The Bertz CT molecular complexity index is 1100. The van der Waals surface area contributed by atoms with Crippen LogP contribution in [0.3, 0.4) is 0 Å². The number of hydrogen-bond acceptors (Lipinski definition) is 6. The van der Waals surface area contributed by atoms with Gasteiger partial charge < -0.3 is 0 Å². The highest BCUT2D eigenvalue weighted by molar-refractivity contribution is 6.03. The van der Waals surface area contributed by atoms with Crippen LogP contribution in [0, 0.1) is 10.1 Å². The Hall–Kier alpha value is -3.68. The predicted octanol–water partition coefficient (Wildman–Crippen LogP) is 3.24. The smallest absolute Gasteiger partial charge is 0.270 e. The summed E-state index contributed by atoms with van der Waals surface area (Å²) in [6.07, 6.45) is 3.71. The third-order valence-corrected chi connectivity index (χ3v) is 4.50. The molecule has 1 aromatic heterocycles. The van der Waals surface area contributed by atoms with E-state index in [-0.39, 0.29) is 17.6 Å². The van der Waals surface area contributed by atoms with Crippen molar-refractivity contribution in [2.75, 3.05) is 0 Å². The van der Waals surface area contributed by atoms with Crippen LogP contribution in [0.25, 0.3) is 11.0 Å². The Labute approximate surface area is 154 Å². The number of non-ortho nitro benzene ring substituents is 1. The zero-order valence-electron chi connectivity index (χ0n) is 14.4. The van der Waals surface area contributed by atoms with Gasteiger partial charge in [-0.2, -0.15) is 5.10 Å². The van der Waals surface area contributed by atoms with Crippen molar-refractivity contribution >= 4 is 28.3 Å². The van der Waals surface area contributed by atoms with E-state index in [9.17, 15) is 14.9 Å². The average molecular weight is 361 g/mol. The van der Waals surface area contributed by atoms with Gasteiger partial charge in [0, 0.05) is 43.4 Å². The van der Waals surface area contributed by atoms with Crippen LogP contribution < -0.4 is 0 Å². The van der Waals surface area contributed by atoms with Gasteiger partial charge in [0.05, 0.1) is 27.7 Å². The Balaban J connectivity index is 1.71. The molecule has 0 bridgehead atoms. The Morgan fingerprint density at radius 2 is 1.93 bits per heavy atom. The largest absolute Gasteiger partial charge is 0.273 e. The van der Waals surface area contributed by atoms with Crippen LogP contribution >= 0.6 is 0 Å². The number of amides is 1. The second-order valence-electron chi connectivity index (χ2n) is 6.24. The summed E-state index contributed by atoms with van der Waals surface area (Å²) in [4.78, 5) is 31.3. The van der Waals surface area contributed by atoms with Gasteiger partial charge in [-0.05, 0) is 17.7 Å². The van der Waals surface area contributed by atoms with Crippen molar-refractivity contribution in [1.82, 2.24) is 15.0 Å². The van der Waals surface area contributed by atoms with E-state index in [1.165, 1.54) is 24.1 Å². The summed E-state index contributed by atoms with van der Waals surface area (Å²) in [5.74, 6) is -0.195. The number of aromatic nitrogens is 2. The molecule has 2 heterocycles. The maximum atomic E-state index is 12.1. The van der Waals surface area contributed by atoms with E-state index in [1.54, 1.807) is 24.5 Å². The van der Waals surface area contributed by atoms with Gasteiger partial charge in [-0.3, -0.25) is 24.9 Å². The molecule has 0 unspecified atom stereocenters. The first-order valence-corrected chi connectivity index (χ1v) is 8.36. The SMILES string of the molecule is CC(=O)N1N=C(c2cccc([N+](=O)[O-])c2)C[C@@H]1c1ccc2nccnc2c1. The molecule has 8 nitrogen and oxygen atoms in total. The predicted molar refractivity (Wildman–Crippen MR) is 99.0 cm³/mol. The number of nitro benzene ring substituents is 1. The zero-order chi connectivity index (χ0) is 19.0. The van der Waals surface area contributed by atoms with Gasteiger partial charge in [0.25, 0.3) is 5.69 Å². The zero-order valence-corrected chi connectivity index (χ0v) is 14.4. The van der Waals surface area contributed by atoms with E-state index in [0.29, 0.717) is 17.7 Å². The van der Waals surface area contributed by atoms with Crippen molar-refractivity contribution in [3.63, 3.8) is 0 Å². The Kier molecular flexibility index (Phi) is 4.08. The lowest BCUT2D eigenvalue weighted by atomic mass is 9.97. The summed E-state index contributed by atoms with van der Waals surface area (Å²) in [5, 5.41) is 16.9. The molecular weight excluding hydrogens is 346 g/mol. The first kappa shape index (κ1) is 16.8. The summed E-state index contributed by atoms with van der Waals surface area (Å²) >= 11 is 0. The number of benzene rings is 2. The maximum absolute atomic E-state index is 12.1. The lowest BCUT2D eigenvalue weighted by molar-refractivity contribution is -0.384. The second-order valence-corrected chi connectivity index (χ2v) is 6.24. The molecule has 0 saturated carbocycles. The van der Waals surface area contributed by atoms with E-state index in [0.717, 1.165) is 16.6 Å². The molecule has 0 spiro atoms. The van der Waals surface area contributed by atoms with Gasteiger partial charge in [0.15, 0.2) is 0 Å². The van der Waals surface area contributed by atoms with Gasteiger partial charge in [0.2, 0.25) is 5.91 Å². The van der Waals surface area contributed by atoms with Crippen LogP contribution in [0.1, 0.15) is 30.5 Å². The molecule has 1 amide bonds. The monoisotopic (exact) mass is 361 g/mol. The van der Waals surface area contributed by atoms with Crippen LogP contribution in [-0.2, 0) is 4.79 Å². The standard InChI is InChI=1S/C19H15N5O3/c1-12(25)23-19(14-5-6-16-18(10-14)21-8-7-20-16)11-17(22-23)13-3-2-4-15(9-13)24(26)27/h2-10,19H,11H2,1H3/t19-/m1/s1. The van der Waals surface area contributed by atoms with Gasteiger partial charge in [-0.15, -0.1) is 0 Å². The van der Waals surface area contributed by atoms with Gasteiger partial charge in [0.1, 0.15) is 0 Å². The fourth-order valence-corrected chi connectivity index (χ4v) is 3.22. The molecule has 1 aliphatic rings. The second kappa shape index (κ2) is 6.56. The van der Waals surface area contributed by atoms with Crippen molar-refractivity contribution in [1.29, 1.82) is 0 Å². The van der Waals surface area contributed by atoms with E-state index >= 15 is 0 Å². The van der Waals surface area contributed by atoms with Gasteiger partial charge in [-0.1, -0.05) is 18.2 Å². The number of nitro groups is 1. The number of nitrogens with zero attached hydrogens (tertiary/aromatic N) is 5. The Morgan fingerprint density at radius 3 is 2.67 bits per heavy atom. The molecule has 0 radical (unpaired) electrons. The third kappa shape index (κ3) is 3.12. The fraction of sp³-hybridized carbons (Fsp3) is 0.158. The minimum absolute atomic E-state index is 0.00555. The summed E-state index contributed by atoms with van der Waals surface area (Å²) in [6.45, 7) is 1.45. The minimum atomic E-state index is -0.443. The van der Waals surface area contributed by atoms with Crippen molar-refractivity contribution in [3.8, 4) is 0 Å². The maximum Gasteiger partial charge on any atom is 0.270 e. The number of carbonyl (C=O) groups is 1. The molecule has 0 fully saturated rings. The fourth-order valence-electron chi connectivity index (χ4n) is 3.22. The number of rotatable bonds is 3. The first-order chi connectivity index (χ1) is 13.0. The lowest BCUT2D eigenvalue weighted by Gasteiger charge is -2.20. The molecule has 1 atom stereocenters. The molecule has 134 valence electrons. The molecular formula is C19H15N5O3. The first-order valence-electron chi connectivity index (χ1n) is 8.36. The lowest BCUT2D eigenvalue weighted by Crippen LogP contribution is -2.24. The van der Waals surface area contributed by atoms with Crippen LogP contribution in [0.4, 0.5) is 5.69 Å². The highest BCUT2D eigenvalue weighted by atomic mass is 16.6. The molecule has 4 rings (SSSR count). The minimum Gasteiger partial charge on any atom is -0.273 e. The van der Waals surface area contributed by atoms with E-state index in [1.807, 2.05) is 18.2 Å². The van der Waals surface area contributed by atoms with Crippen LogP contribution in [0.5, 0.6) is 0 Å². The van der Waals surface area contributed by atoms with E-state index in [4.69, 9.17) is 0 Å². The summed E-state index contributed by atoms with van der Waals surface area (Å²) in [5.41, 5.74) is 3.67. The van der Waals surface area contributed by atoms with Gasteiger partial charge in [-0.25, -0.2) is 5.01 Å². The molecule has 0 saturated heterocycles. The quantitative estimate of drug-likeness (QED) is 0.526. The summed E-state index contributed by atoms with van der Waals surface area (Å²) in [6, 6.07) is 11.7. The topological polar surface area (TPSA) is 102 Å². The summed E-state index contributed by atoms with van der Waals surface area (Å²) in [7, 11) is 0.